The predicted octanol–water partition coefficient (Wildman–Crippen LogP) is 2.45. The van der Waals surface area contributed by atoms with Crippen molar-refractivity contribution in [3.63, 3.8) is 0 Å². The monoisotopic (exact) mass is 392 g/mol. The fourth-order valence-corrected chi connectivity index (χ4v) is 4.41. The molecule has 0 fully saturated rings. The Morgan fingerprint density at radius 3 is 2.52 bits per heavy atom. The number of benzene rings is 1. The molecule has 1 aliphatic heterocycles. The lowest BCUT2D eigenvalue weighted by Crippen LogP contribution is -2.38. The topological polar surface area (TPSA) is 107 Å². The summed E-state index contributed by atoms with van der Waals surface area (Å²) in [5.41, 5.74) is 0.507. The minimum atomic E-state index is -3.94. The van der Waals surface area contributed by atoms with Crippen LogP contribution < -0.4 is 0 Å². The standard InChI is InChI=1S/C18H20N2O6S/c1-4-13-10-16(11-14(5-2)18(21)26-3)19(12-13)27(24,25)17-8-6-15(7-9-17)20(22)23/h4-10,14,16H,1-2,11-12H2,3H3/t14-,16+/m0/s1. The Labute approximate surface area is 157 Å². The van der Waals surface area contributed by atoms with Crippen molar-refractivity contribution in [3.05, 3.63) is 71.3 Å². The molecular formula is C18H20N2O6S. The zero-order valence-electron chi connectivity index (χ0n) is 14.8. The van der Waals surface area contributed by atoms with Crippen LogP contribution in [0.2, 0.25) is 0 Å². The minimum Gasteiger partial charge on any atom is -0.469 e. The summed E-state index contributed by atoms with van der Waals surface area (Å²) in [5, 5.41) is 10.8. The molecule has 0 unspecified atom stereocenters. The van der Waals surface area contributed by atoms with Crippen LogP contribution in [0.15, 0.2) is 66.1 Å². The maximum Gasteiger partial charge on any atom is 0.312 e. The van der Waals surface area contributed by atoms with Gasteiger partial charge in [-0.15, -0.1) is 6.58 Å². The summed E-state index contributed by atoms with van der Waals surface area (Å²) >= 11 is 0. The van der Waals surface area contributed by atoms with E-state index in [0.29, 0.717) is 5.57 Å². The van der Waals surface area contributed by atoms with Crippen molar-refractivity contribution in [2.45, 2.75) is 17.4 Å². The molecule has 1 aliphatic rings. The number of carbonyl (C=O) groups is 1. The Bertz CT molecular complexity index is 889. The zero-order valence-corrected chi connectivity index (χ0v) is 15.6. The fourth-order valence-electron chi connectivity index (χ4n) is 2.84. The van der Waals surface area contributed by atoms with Crippen molar-refractivity contribution in [3.8, 4) is 0 Å². The molecule has 0 spiro atoms. The van der Waals surface area contributed by atoms with E-state index in [2.05, 4.69) is 13.2 Å². The van der Waals surface area contributed by atoms with E-state index in [0.717, 1.165) is 12.1 Å². The van der Waals surface area contributed by atoms with Gasteiger partial charge in [0.25, 0.3) is 5.69 Å². The molecule has 2 atom stereocenters. The molecule has 0 bridgehead atoms. The first-order valence-electron chi connectivity index (χ1n) is 8.04. The second-order valence-electron chi connectivity index (χ2n) is 5.92. The highest BCUT2D eigenvalue weighted by Crippen LogP contribution is 2.30. The number of sulfonamides is 1. The number of nitrogens with zero attached hydrogens (tertiary/aromatic N) is 2. The summed E-state index contributed by atoms with van der Waals surface area (Å²) < 4.78 is 32.1. The van der Waals surface area contributed by atoms with Gasteiger partial charge in [-0.3, -0.25) is 14.9 Å². The molecule has 1 aromatic carbocycles. The molecule has 0 amide bonds. The van der Waals surface area contributed by atoms with Crippen LogP contribution in [0.25, 0.3) is 0 Å². The van der Waals surface area contributed by atoms with Gasteiger partial charge in [0.15, 0.2) is 0 Å². The summed E-state index contributed by atoms with van der Waals surface area (Å²) in [7, 11) is -2.68. The number of hydrogen-bond acceptors (Lipinski definition) is 6. The molecule has 0 aliphatic carbocycles. The van der Waals surface area contributed by atoms with Gasteiger partial charge in [0.2, 0.25) is 10.0 Å². The van der Waals surface area contributed by atoms with Gasteiger partial charge in [-0.05, 0) is 24.1 Å². The van der Waals surface area contributed by atoms with Gasteiger partial charge < -0.3 is 4.74 Å². The highest BCUT2D eigenvalue weighted by molar-refractivity contribution is 7.89. The van der Waals surface area contributed by atoms with E-state index in [1.165, 1.54) is 29.6 Å². The van der Waals surface area contributed by atoms with Crippen LogP contribution in [0, 0.1) is 16.0 Å². The largest absolute Gasteiger partial charge is 0.469 e. The van der Waals surface area contributed by atoms with Gasteiger partial charge in [-0.2, -0.15) is 4.31 Å². The molecule has 0 saturated carbocycles. The van der Waals surface area contributed by atoms with Crippen LogP contribution in [-0.4, -0.2) is 43.3 Å². The maximum atomic E-state index is 13.0. The van der Waals surface area contributed by atoms with E-state index in [4.69, 9.17) is 4.74 Å². The molecule has 8 nitrogen and oxygen atoms in total. The van der Waals surface area contributed by atoms with Crippen LogP contribution in [0.4, 0.5) is 5.69 Å². The smallest absolute Gasteiger partial charge is 0.312 e. The normalized spacial score (nSPS) is 18.4. The van der Waals surface area contributed by atoms with Gasteiger partial charge >= 0.3 is 5.97 Å². The maximum absolute atomic E-state index is 13.0. The quantitative estimate of drug-likeness (QED) is 0.291. The highest BCUT2D eigenvalue weighted by atomic mass is 32.2. The first-order valence-corrected chi connectivity index (χ1v) is 9.48. The van der Waals surface area contributed by atoms with Gasteiger partial charge in [-0.1, -0.05) is 24.8 Å². The summed E-state index contributed by atoms with van der Waals surface area (Å²) in [6.07, 6.45) is 4.87. The average Bonchev–Trinajstić information content (AvgIpc) is 3.09. The Hall–Kier alpha value is -2.78. The summed E-state index contributed by atoms with van der Waals surface area (Å²) in [5.74, 6) is -1.17. The third-order valence-corrected chi connectivity index (χ3v) is 6.20. The fraction of sp³-hybridized carbons (Fsp3) is 0.278. The molecule has 0 N–H and O–H groups in total. The van der Waals surface area contributed by atoms with Crippen LogP contribution >= 0.6 is 0 Å². The number of nitro groups is 1. The number of methoxy groups -OCH3 is 1. The number of ether oxygens (including phenoxy) is 1. The molecule has 0 aromatic heterocycles. The van der Waals surface area contributed by atoms with Crippen molar-refractivity contribution in [1.82, 2.24) is 4.31 Å². The van der Waals surface area contributed by atoms with Crippen LogP contribution in [0.1, 0.15) is 6.42 Å². The Morgan fingerprint density at radius 2 is 2.04 bits per heavy atom. The lowest BCUT2D eigenvalue weighted by Gasteiger charge is -2.25. The van der Waals surface area contributed by atoms with E-state index in [-0.39, 0.29) is 23.5 Å². The third kappa shape index (κ3) is 4.32. The molecular weight excluding hydrogens is 372 g/mol. The van der Waals surface area contributed by atoms with E-state index in [9.17, 15) is 23.3 Å². The molecule has 27 heavy (non-hydrogen) atoms. The first-order chi connectivity index (χ1) is 12.7. The van der Waals surface area contributed by atoms with Crippen molar-refractivity contribution in [2.24, 2.45) is 5.92 Å². The number of esters is 1. The van der Waals surface area contributed by atoms with Crippen molar-refractivity contribution >= 4 is 21.7 Å². The molecule has 2 rings (SSSR count). The molecule has 144 valence electrons. The van der Waals surface area contributed by atoms with Crippen LogP contribution in [0.3, 0.4) is 0 Å². The minimum absolute atomic E-state index is 0.0648. The summed E-state index contributed by atoms with van der Waals surface area (Å²) in [6.45, 7) is 7.38. The van der Waals surface area contributed by atoms with Crippen molar-refractivity contribution in [2.75, 3.05) is 13.7 Å². The number of rotatable bonds is 8. The van der Waals surface area contributed by atoms with Crippen molar-refractivity contribution < 1.29 is 22.9 Å². The van der Waals surface area contributed by atoms with E-state index in [1.54, 1.807) is 12.2 Å². The molecule has 1 aromatic rings. The van der Waals surface area contributed by atoms with E-state index < -0.39 is 32.9 Å². The van der Waals surface area contributed by atoms with Crippen LogP contribution in [0.5, 0.6) is 0 Å². The lowest BCUT2D eigenvalue weighted by atomic mass is 10.0. The second-order valence-corrected chi connectivity index (χ2v) is 7.81. The van der Waals surface area contributed by atoms with Crippen LogP contribution in [-0.2, 0) is 19.6 Å². The predicted molar refractivity (Wildman–Crippen MR) is 99.4 cm³/mol. The first kappa shape index (κ1) is 20.5. The summed E-state index contributed by atoms with van der Waals surface area (Å²) in [6, 6.07) is 4.07. The Kier molecular flexibility index (Phi) is 6.29. The average molecular weight is 392 g/mol. The molecule has 9 heteroatoms. The third-order valence-electron chi connectivity index (χ3n) is 4.31. The second kappa shape index (κ2) is 8.28. The highest BCUT2D eigenvalue weighted by Gasteiger charge is 2.37. The van der Waals surface area contributed by atoms with Gasteiger partial charge in [0.05, 0.1) is 22.8 Å². The number of nitro benzene ring substituents is 1. The van der Waals surface area contributed by atoms with E-state index in [1.807, 2.05) is 0 Å². The summed E-state index contributed by atoms with van der Waals surface area (Å²) in [4.78, 5) is 22.0. The lowest BCUT2D eigenvalue weighted by molar-refractivity contribution is -0.384. The Morgan fingerprint density at radius 1 is 1.41 bits per heavy atom. The van der Waals surface area contributed by atoms with Crippen molar-refractivity contribution in [1.29, 1.82) is 0 Å². The molecule has 0 radical (unpaired) electrons. The van der Waals surface area contributed by atoms with Gasteiger partial charge in [-0.25, -0.2) is 8.42 Å². The molecule has 0 saturated heterocycles. The zero-order chi connectivity index (χ0) is 20.2. The molecule has 1 heterocycles. The number of hydrogen-bond donors (Lipinski definition) is 0. The number of non-ortho nitro benzene ring substituents is 1. The number of carbonyl (C=O) groups excluding carboxylic acids is 1. The van der Waals surface area contributed by atoms with E-state index >= 15 is 0 Å². The van der Waals surface area contributed by atoms with Gasteiger partial charge in [0.1, 0.15) is 0 Å². The Balaban J connectivity index is 2.35. The van der Waals surface area contributed by atoms with Gasteiger partial charge in [0, 0.05) is 24.7 Å². The SMILES string of the molecule is C=CC1=C[C@H](C[C@H](C=C)C(=O)OC)N(S(=O)(=O)c2ccc([N+](=O)[O-])cc2)C1.